The third-order valence-corrected chi connectivity index (χ3v) is 8.10. The molecule has 0 unspecified atom stereocenters. The summed E-state index contributed by atoms with van der Waals surface area (Å²) in [5, 5.41) is 0. The van der Waals surface area contributed by atoms with E-state index in [2.05, 4.69) is 0 Å². The fourth-order valence-corrected chi connectivity index (χ4v) is 6.08. The van der Waals surface area contributed by atoms with Crippen LogP contribution >= 0.6 is 0 Å². The van der Waals surface area contributed by atoms with Gasteiger partial charge in [0.1, 0.15) is 0 Å². The summed E-state index contributed by atoms with van der Waals surface area (Å²) in [6.07, 6.45) is 0.378. The van der Waals surface area contributed by atoms with Crippen LogP contribution in [0.3, 0.4) is 0 Å². The zero-order valence-electron chi connectivity index (χ0n) is 18.7. The zero-order chi connectivity index (χ0) is 23.9. The first kappa shape index (κ1) is 22.2. The lowest BCUT2D eigenvalue weighted by molar-refractivity contribution is -0.126. The van der Waals surface area contributed by atoms with Crippen molar-refractivity contribution >= 4 is 33.3 Å². The van der Waals surface area contributed by atoms with E-state index in [0.717, 1.165) is 23.2 Å². The van der Waals surface area contributed by atoms with Crippen LogP contribution in [0.5, 0.6) is 0 Å². The van der Waals surface area contributed by atoms with Gasteiger partial charge in [-0.25, -0.2) is 13.2 Å². The number of nitrogens with zero attached hydrogens (tertiary/aromatic N) is 2. The number of para-hydroxylation sites is 2. The molecule has 0 saturated heterocycles. The maximum atomic E-state index is 13.3. The quantitative estimate of drug-likeness (QED) is 0.526. The molecule has 1 amide bonds. The molecule has 3 aromatic rings. The molecule has 7 nitrogen and oxygen atoms in total. The third-order valence-electron chi connectivity index (χ3n) is 6.29. The van der Waals surface area contributed by atoms with Crippen molar-refractivity contribution in [3.63, 3.8) is 0 Å². The van der Waals surface area contributed by atoms with Crippen LogP contribution in [0.4, 0.5) is 11.4 Å². The first-order chi connectivity index (χ1) is 16.4. The molecule has 8 heteroatoms. The minimum atomic E-state index is -3.85. The first-order valence-corrected chi connectivity index (χ1v) is 12.6. The SMILES string of the molecule is C[C@H](OC(=O)c1cccc(S(=O)(=O)N2CCc3ccccc32)c1)C(=O)N1CCc2ccccc21. The van der Waals surface area contributed by atoms with Gasteiger partial charge in [0.2, 0.25) is 0 Å². The Bertz CT molecular complexity index is 1390. The van der Waals surface area contributed by atoms with E-state index < -0.39 is 22.1 Å². The Hall–Kier alpha value is -3.65. The van der Waals surface area contributed by atoms with Crippen molar-refractivity contribution in [3.8, 4) is 0 Å². The highest BCUT2D eigenvalue weighted by Crippen LogP contribution is 2.33. The largest absolute Gasteiger partial charge is 0.449 e. The second-order valence-corrected chi connectivity index (χ2v) is 10.3. The minimum absolute atomic E-state index is 0.00565. The summed E-state index contributed by atoms with van der Waals surface area (Å²) < 4.78 is 33.4. The van der Waals surface area contributed by atoms with E-state index in [-0.39, 0.29) is 16.4 Å². The highest BCUT2D eigenvalue weighted by atomic mass is 32.2. The normalized spacial score (nSPS) is 15.6. The molecule has 0 saturated carbocycles. The van der Waals surface area contributed by atoms with Gasteiger partial charge in [-0.1, -0.05) is 42.5 Å². The summed E-state index contributed by atoms with van der Waals surface area (Å²) in [4.78, 5) is 27.4. The number of hydrogen-bond acceptors (Lipinski definition) is 5. The molecule has 3 aromatic carbocycles. The average Bonchev–Trinajstić information content (AvgIpc) is 3.48. The van der Waals surface area contributed by atoms with E-state index in [1.807, 2.05) is 36.4 Å². The predicted molar refractivity (Wildman–Crippen MR) is 128 cm³/mol. The van der Waals surface area contributed by atoms with Crippen molar-refractivity contribution < 1.29 is 22.7 Å². The van der Waals surface area contributed by atoms with E-state index in [9.17, 15) is 18.0 Å². The molecule has 0 radical (unpaired) electrons. The van der Waals surface area contributed by atoms with Crippen LogP contribution in [0.2, 0.25) is 0 Å². The summed E-state index contributed by atoms with van der Waals surface area (Å²) in [6, 6.07) is 20.8. The minimum Gasteiger partial charge on any atom is -0.449 e. The molecule has 5 rings (SSSR count). The highest BCUT2D eigenvalue weighted by Gasteiger charge is 2.32. The average molecular weight is 477 g/mol. The van der Waals surface area contributed by atoms with Crippen molar-refractivity contribution in [1.82, 2.24) is 0 Å². The zero-order valence-corrected chi connectivity index (χ0v) is 19.5. The van der Waals surface area contributed by atoms with Crippen molar-refractivity contribution in [2.75, 3.05) is 22.3 Å². The van der Waals surface area contributed by atoms with E-state index in [4.69, 9.17) is 4.74 Å². The Morgan fingerprint density at radius 1 is 0.853 bits per heavy atom. The van der Waals surface area contributed by atoms with Gasteiger partial charge in [-0.05, 0) is 61.2 Å². The van der Waals surface area contributed by atoms with Crippen LogP contribution in [-0.4, -0.2) is 39.5 Å². The number of rotatable bonds is 5. The molecule has 0 fully saturated rings. The van der Waals surface area contributed by atoms with Gasteiger partial charge in [-0.3, -0.25) is 9.10 Å². The van der Waals surface area contributed by atoms with E-state index >= 15 is 0 Å². The molecule has 0 aromatic heterocycles. The molecular weight excluding hydrogens is 452 g/mol. The van der Waals surface area contributed by atoms with Gasteiger partial charge in [0.15, 0.2) is 6.10 Å². The molecule has 2 heterocycles. The van der Waals surface area contributed by atoms with Gasteiger partial charge in [0.25, 0.3) is 15.9 Å². The molecule has 0 N–H and O–H groups in total. The van der Waals surface area contributed by atoms with Gasteiger partial charge in [0.05, 0.1) is 16.1 Å². The Kier molecular flexibility index (Phi) is 5.61. The number of ether oxygens (including phenoxy) is 1. The molecule has 2 aliphatic heterocycles. The third kappa shape index (κ3) is 3.84. The van der Waals surface area contributed by atoms with Crippen molar-refractivity contribution in [3.05, 3.63) is 89.5 Å². The first-order valence-electron chi connectivity index (χ1n) is 11.2. The number of benzene rings is 3. The van der Waals surface area contributed by atoms with Crippen molar-refractivity contribution in [2.45, 2.75) is 30.8 Å². The van der Waals surface area contributed by atoms with Crippen LogP contribution in [0, 0.1) is 0 Å². The number of sulfonamides is 1. The molecular formula is C26H24N2O5S. The van der Waals surface area contributed by atoms with Crippen molar-refractivity contribution in [1.29, 1.82) is 0 Å². The summed E-state index contributed by atoms with van der Waals surface area (Å²) in [7, 11) is -3.85. The van der Waals surface area contributed by atoms with E-state index in [1.54, 1.807) is 17.0 Å². The van der Waals surface area contributed by atoms with Gasteiger partial charge in [-0.2, -0.15) is 0 Å². The van der Waals surface area contributed by atoms with Crippen molar-refractivity contribution in [2.24, 2.45) is 0 Å². The van der Waals surface area contributed by atoms with Gasteiger partial charge < -0.3 is 9.64 Å². The number of fused-ring (bicyclic) bond motifs is 2. The molecule has 2 aliphatic rings. The molecule has 174 valence electrons. The number of hydrogen-bond donors (Lipinski definition) is 0. The summed E-state index contributed by atoms with van der Waals surface area (Å²) in [5.74, 6) is -1.05. The summed E-state index contributed by atoms with van der Waals surface area (Å²) >= 11 is 0. The fourth-order valence-electron chi connectivity index (χ4n) is 4.53. The highest BCUT2D eigenvalue weighted by molar-refractivity contribution is 7.92. The predicted octanol–water partition coefficient (Wildman–Crippen LogP) is 3.57. The van der Waals surface area contributed by atoms with Gasteiger partial charge in [-0.15, -0.1) is 0 Å². The smallest absolute Gasteiger partial charge is 0.338 e. The maximum Gasteiger partial charge on any atom is 0.338 e. The number of carbonyl (C=O) groups excluding carboxylic acids is 2. The Labute approximate surface area is 198 Å². The second kappa shape index (κ2) is 8.61. The Morgan fingerprint density at radius 2 is 1.50 bits per heavy atom. The Morgan fingerprint density at radius 3 is 2.26 bits per heavy atom. The monoisotopic (exact) mass is 476 g/mol. The molecule has 34 heavy (non-hydrogen) atoms. The van der Waals surface area contributed by atoms with Gasteiger partial charge in [0, 0.05) is 18.8 Å². The molecule has 0 bridgehead atoms. The molecule has 1 atom stereocenters. The van der Waals surface area contributed by atoms with E-state index in [1.165, 1.54) is 35.5 Å². The molecule has 0 aliphatic carbocycles. The number of amides is 1. The number of anilines is 2. The number of carbonyl (C=O) groups is 2. The second-order valence-electron chi connectivity index (χ2n) is 8.40. The van der Waals surface area contributed by atoms with Gasteiger partial charge >= 0.3 is 5.97 Å². The topological polar surface area (TPSA) is 84.0 Å². The van der Waals surface area contributed by atoms with Crippen LogP contribution in [0.15, 0.2) is 77.7 Å². The Balaban J connectivity index is 1.33. The van der Waals surface area contributed by atoms with E-state index in [0.29, 0.717) is 25.2 Å². The van der Waals surface area contributed by atoms with Crippen LogP contribution in [-0.2, 0) is 32.4 Å². The lowest BCUT2D eigenvalue weighted by Gasteiger charge is -2.22. The fraction of sp³-hybridized carbons (Fsp3) is 0.231. The lowest BCUT2D eigenvalue weighted by Crippen LogP contribution is -2.39. The van der Waals surface area contributed by atoms with Crippen LogP contribution < -0.4 is 9.21 Å². The summed E-state index contributed by atoms with van der Waals surface area (Å²) in [6.45, 7) is 2.41. The maximum absolute atomic E-state index is 13.3. The molecule has 0 spiro atoms. The summed E-state index contributed by atoms with van der Waals surface area (Å²) in [5.41, 5.74) is 3.61. The standard InChI is InChI=1S/C26H24N2O5S/c1-18(25(29)27-15-13-19-7-2-4-11-23(19)27)33-26(30)21-9-6-10-22(17-21)34(31,32)28-16-14-20-8-3-5-12-24(20)28/h2-12,17-18H,13-16H2,1H3/t18-/m0/s1. The van der Waals surface area contributed by atoms with Crippen LogP contribution in [0.1, 0.15) is 28.4 Å². The number of esters is 1. The lowest BCUT2D eigenvalue weighted by atomic mass is 10.2. The van der Waals surface area contributed by atoms with Crippen LogP contribution in [0.25, 0.3) is 0 Å².